The Bertz CT molecular complexity index is 284. The third-order valence-corrected chi connectivity index (χ3v) is 5.80. The summed E-state index contributed by atoms with van der Waals surface area (Å²) in [6.45, 7) is 4.16. The molecule has 0 amide bonds. The Labute approximate surface area is 117 Å². The number of nitrogens with zero attached hydrogens (tertiary/aromatic N) is 1. The summed E-state index contributed by atoms with van der Waals surface area (Å²) in [6.07, 6.45) is 10.8. The van der Waals surface area contributed by atoms with Crippen LogP contribution in [0.1, 0.15) is 51.4 Å². The maximum Gasteiger partial charge on any atom is 0.0462 e. The zero-order valence-corrected chi connectivity index (χ0v) is 12.2. The quantitative estimate of drug-likeness (QED) is 0.817. The van der Waals surface area contributed by atoms with Crippen LogP contribution in [0.15, 0.2) is 0 Å². The van der Waals surface area contributed by atoms with Gasteiger partial charge in [0.05, 0.1) is 0 Å². The molecule has 0 aromatic rings. The zero-order valence-electron chi connectivity index (χ0n) is 12.2. The van der Waals surface area contributed by atoms with Crippen LogP contribution in [0.25, 0.3) is 0 Å². The van der Waals surface area contributed by atoms with E-state index < -0.39 is 0 Å². The lowest BCUT2D eigenvalue weighted by Gasteiger charge is -2.35. The van der Waals surface area contributed by atoms with E-state index in [9.17, 15) is 5.11 Å². The molecule has 0 spiro atoms. The molecule has 3 aliphatic rings. The van der Waals surface area contributed by atoms with Crippen molar-refractivity contribution in [2.24, 2.45) is 11.8 Å². The number of hydrogen-bond acceptors (Lipinski definition) is 3. The zero-order chi connectivity index (χ0) is 13.1. The third kappa shape index (κ3) is 3.14. The van der Waals surface area contributed by atoms with E-state index in [2.05, 4.69) is 10.2 Å². The standard InChI is InChI=1S/C16H30N2O/c19-12-14-6-2-1-5-13(14)11-17-15-8-10-18-9-4-3-7-16(15)18/h13-17,19H,1-12H2. The molecule has 3 heteroatoms. The number of hydrogen-bond donors (Lipinski definition) is 2. The molecule has 0 bridgehead atoms. The molecule has 0 aromatic heterocycles. The maximum atomic E-state index is 9.50. The van der Waals surface area contributed by atoms with E-state index in [1.54, 1.807) is 0 Å². The van der Waals surface area contributed by atoms with Gasteiger partial charge in [0, 0.05) is 25.2 Å². The molecule has 110 valence electrons. The van der Waals surface area contributed by atoms with Gasteiger partial charge in [0.1, 0.15) is 0 Å². The summed E-state index contributed by atoms with van der Waals surface area (Å²) in [5.41, 5.74) is 0. The van der Waals surface area contributed by atoms with Crippen molar-refractivity contribution in [2.45, 2.75) is 63.5 Å². The molecule has 3 rings (SSSR count). The van der Waals surface area contributed by atoms with E-state index in [1.807, 2.05) is 0 Å². The summed E-state index contributed by atoms with van der Waals surface area (Å²) < 4.78 is 0. The fourth-order valence-electron chi connectivity index (χ4n) is 4.58. The predicted molar refractivity (Wildman–Crippen MR) is 78.2 cm³/mol. The number of rotatable bonds is 4. The van der Waals surface area contributed by atoms with Gasteiger partial charge < -0.3 is 10.4 Å². The first-order valence-electron chi connectivity index (χ1n) is 8.47. The summed E-state index contributed by atoms with van der Waals surface area (Å²) in [6, 6.07) is 1.53. The number of aliphatic hydroxyl groups excluding tert-OH is 1. The smallest absolute Gasteiger partial charge is 0.0462 e. The molecule has 2 heterocycles. The highest BCUT2D eigenvalue weighted by Crippen LogP contribution is 2.31. The first-order chi connectivity index (χ1) is 9.38. The molecule has 1 saturated carbocycles. The van der Waals surface area contributed by atoms with Gasteiger partial charge in [0.25, 0.3) is 0 Å². The van der Waals surface area contributed by atoms with Crippen LogP contribution in [0.2, 0.25) is 0 Å². The largest absolute Gasteiger partial charge is 0.396 e. The topological polar surface area (TPSA) is 35.5 Å². The van der Waals surface area contributed by atoms with Crippen molar-refractivity contribution in [3.63, 3.8) is 0 Å². The number of fused-ring (bicyclic) bond motifs is 1. The summed E-state index contributed by atoms with van der Waals surface area (Å²) >= 11 is 0. The molecule has 2 saturated heterocycles. The number of nitrogens with one attached hydrogen (secondary N) is 1. The molecular formula is C16H30N2O. The van der Waals surface area contributed by atoms with Crippen LogP contribution in [-0.4, -0.2) is 48.3 Å². The first-order valence-corrected chi connectivity index (χ1v) is 8.47. The van der Waals surface area contributed by atoms with Crippen LogP contribution in [0.3, 0.4) is 0 Å². The molecule has 0 radical (unpaired) electrons. The summed E-state index contributed by atoms with van der Waals surface area (Å²) in [7, 11) is 0. The minimum Gasteiger partial charge on any atom is -0.396 e. The Morgan fingerprint density at radius 2 is 1.68 bits per heavy atom. The van der Waals surface area contributed by atoms with Crippen molar-refractivity contribution in [1.29, 1.82) is 0 Å². The van der Waals surface area contributed by atoms with Crippen LogP contribution in [-0.2, 0) is 0 Å². The van der Waals surface area contributed by atoms with Gasteiger partial charge in [-0.2, -0.15) is 0 Å². The second-order valence-electron chi connectivity index (χ2n) is 6.89. The minimum atomic E-state index is 0.395. The highest BCUT2D eigenvalue weighted by molar-refractivity contribution is 4.94. The molecule has 19 heavy (non-hydrogen) atoms. The van der Waals surface area contributed by atoms with Crippen molar-refractivity contribution in [3.8, 4) is 0 Å². The molecule has 2 N–H and O–H groups in total. The van der Waals surface area contributed by atoms with Gasteiger partial charge in [0.2, 0.25) is 0 Å². The van der Waals surface area contributed by atoms with Crippen molar-refractivity contribution in [2.75, 3.05) is 26.2 Å². The fraction of sp³-hybridized carbons (Fsp3) is 1.00. The van der Waals surface area contributed by atoms with Crippen molar-refractivity contribution in [1.82, 2.24) is 10.2 Å². The average Bonchev–Trinajstić information content (AvgIpc) is 2.89. The molecule has 3 nitrogen and oxygen atoms in total. The van der Waals surface area contributed by atoms with Crippen molar-refractivity contribution >= 4 is 0 Å². The van der Waals surface area contributed by atoms with Gasteiger partial charge in [0.15, 0.2) is 0 Å². The number of piperidine rings is 1. The molecule has 1 aliphatic carbocycles. The van der Waals surface area contributed by atoms with E-state index in [0.29, 0.717) is 12.5 Å². The Balaban J connectivity index is 1.48. The Morgan fingerprint density at radius 1 is 0.895 bits per heavy atom. The summed E-state index contributed by atoms with van der Waals surface area (Å²) in [5.74, 6) is 1.28. The highest BCUT2D eigenvalue weighted by atomic mass is 16.3. The predicted octanol–water partition coefficient (Wildman–Crippen LogP) is 2.00. The van der Waals surface area contributed by atoms with Gasteiger partial charge in [-0.3, -0.25) is 4.90 Å². The lowest BCUT2D eigenvalue weighted by molar-refractivity contribution is 0.126. The van der Waals surface area contributed by atoms with E-state index in [0.717, 1.165) is 24.5 Å². The fourth-order valence-corrected chi connectivity index (χ4v) is 4.58. The third-order valence-electron chi connectivity index (χ3n) is 5.80. The van der Waals surface area contributed by atoms with Gasteiger partial charge in [-0.05, 0) is 57.0 Å². The second-order valence-corrected chi connectivity index (χ2v) is 6.89. The van der Waals surface area contributed by atoms with Gasteiger partial charge in [-0.25, -0.2) is 0 Å². The first kappa shape index (κ1) is 13.8. The maximum absolute atomic E-state index is 9.50. The summed E-state index contributed by atoms with van der Waals surface area (Å²) in [5, 5.41) is 13.4. The molecule has 3 fully saturated rings. The van der Waals surface area contributed by atoms with Crippen LogP contribution in [0.5, 0.6) is 0 Å². The number of aliphatic hydroxyl groups is 1. The molecule has 4 atom stereocenters. The van der Waals surface area contributed by atoms with E-state index in [4.69, 9.17) is 0 Å². The van der Waals surface area contributed by atoms with E-state index >= 15 is 0 Å². The lowest BCUT2D eigenvalue weighted by Crippen LogP contribution is -2.47. The van der Waals surface area contributed by atoms with Crippen molar-refractivity contribution < 1.29 is 5.11 Å². The summed E-state index contributed by atoms with van der Waals surface area (Å²) in [4.78, 5) is 2.70. The lowest BCUT2D eigenvalue weighted by atomic mass is 9.79. The highest BCUT2D eigenvalue weighted by Gasteiger charge is 2.35. The normalized spacial score (nSPS) is 40.3. The van der Waals surface area contributed by atoms with Gasteiger partial charge in [-0.15, -0.1) is 0 Å². The Kier molecular flexibility index (Phi) is 4.78. The van der Waals surface area contributed by atoms with Gasteiger partial charge >= 0.3 is 0 Å². The monoisotopic (exact) mass is 266 g/mol. The minimum absolute atomic E-state index is 0.395. The van der Waals surface area contributed by atoms with Crippen LogP contribution >= 0.6 is 0 Å². The van der Waals surface area contributed by atoms with E-state index in [1.165, 1.54) is 64.5 Å². The average molecular weight is 266 g/mol. The van der Waals surface area contributed by atoms with E-state index in [-0.39, 0.29) is 0 Å². The van der Waals surface area contributed by atoms with Gasteiger partial charge in [-0.1, -0.05) is 19.3 Å². The molecular weight excluding hydrogens is 236 g/mol. The molecule has 0 aromatic carbocycles. The molecule has 2 aliphatic heterocycles. The Hall–Kier alpha value is -0.120. The van der Waals surface area contributed by atoms with Crippen LogP contribution in [0.4, 0.5) is 0 Å². The van der Waals surface area contributed by atoms with Crippen LogP contribution < -0.4 is 5.32 Å². The SMILES string of the molecule is OCC1CCCCC1CNC1CCN2CCCCC12. The second kappa shape index (κ2) is 6.55. The van der Waals surface area contributed by atoms with Crippen molar-refractivity contribution in [3.05, 3.63) is 0 Å². The molecule has 4 unspecified atom stereocenters. The Morgan fingerprint density at radius 3 is 2.53 bits per heavy atom. The van der Waals surface area contributed by atoms with Crippen LogP contribution in [0, 0.1) is 11.8 Å².